The zero-order valence-electron chi connectivity index (χ0n) is 21.3. The second-order valence-electron chi connectivity index (χ2n) is 10.2. The van der Waals surface area contributed by atoms with Crippen molar-refractivity contribution in [3.63, 3.8) is 0 Å². The lowest BCUT2D eigenvalue weighted by Crippen LogP contribution is -2.52. The number of hydrogen-bond donors (Lipinski definition) is 0. The molecule has 37 heavy (non-hydrogen) atoms. The van der Waals surface area contributed by atoms with E-state index in [9.17, 15) is 22.4 Å². The fourth-order valence-electron chi connectivity index (χ4n) is 5.87. The molecule has 0 aromatic heterocycles. The number of carbonyl (C=O) groups excluding carboxylic acids is 2. The van der Waals surface area contributed by atoms with Gasteiger partial charge < -0.3 is 14.7 Å². The molecule has 10 heteroatoms. The molecule has 0 spiro atoms. The van der Waals surface area contributed by atoms with Crippen molar-refractivity contribution in [2.45, 2.75) is 44.0 Å². The Morgan fingerprint density at radius 2 is 1.59 bits per heavy atom. The Hall–Kier alpha value is -2.98. The van der Waals surface area contributed by atoms with Crippen molar-refractivity contribution in [1.29, 1.82) is 0 Å². The van der Waals surface area contributed by atoms with Crippen LogP contribution in [0.4, 0.5) is 15.8 Å². The highest BCUT2D eigenvalue weighted by Gasteiger charge is 2.36. The number of hydrogen-bond acceptors (Lipinski definition) is 5. The maximum Gasteiger partial charge on any atom is 0.243 e. The first-order chi connectivity index (χ1) is 17.7. The van der Waals surface area contributed by atoms with Crippen LogP contribution in [0, 0.1) is 11.7 Å². The minimum absolute atomic E-state index is 0.000735. The molecule has 3 heterocycles. The second kappa shape index (κ2) is 10.1. The lowest BCUT2D eigenvalue weighted by atomic mass is 9.96. The van der Waals surface area contributed by atoms with Gasteiger partial charge in [-0.25, -0.2) is 12.8 Å². The lowest BCUT2D eigenvalue weighted by Gasteiger charge is -2.39. The maximum atomic E-state index is 14.1. The van der Waals surface area contributed by atoms with Crippen molar-refractivity contribution in [1.82, 2.24) is 9.21 Å². The van der Waals surface area contributed by atoms with Gasteiger partial charge in [0.1, 0.15) is 5.82 Å². The number of halogens is 1. The Morgan fingerprint density at radius 3 is 2.24 bits per heavy atom. The third-order valence-corrected chi connectivity index (χ3v) is 9.73. The van der Waals surface area contributed by atoms with Crippen LogP contribution in [-0.4, -0.2) is 74.7 Å². The number of fused-ring (bicyclic) bond motifs is 1. The van der Waals surface area contributed by atoms with Gasteiger partial charge in [0.05, 0.1) is 10.6 Å². The molecular formula is C27H33FN4O4S. The van der Waals surface area contributed by atoms with Crippen LogP contribution >= 0.6 is 0 Å². The molecule has 3 aliphatic heterocycles. The van der Waals surface area contributed by atoms with Gasteiger partial charge in [-0.2, -0.15) is 4.31 Å². The number of sulfonamides is 1. The van der Waals surface area contributed by atoms with Gasteiger partial charge in [-0.05, 0) is 62.1 Å². The van der Waals surface area contributed by atoms with E-state index in [2.05, 4.69) is 0 Å². The van der Waals surface area contributed by atoms with E-state index in [1.165, 1.54) is 17.3 Å². The highest BCUT2D eigenvalue weighted by atomic mass is 32.2. The van der Waals surface area contributed by atoms with Crippen LogP contribution in [0.15, 0.2) is 47.4 Å². The molecule has 0 radical (unpaired) electrons. The Bertz CT molecular complexity index is 1300. The zero-order chi connectivity index (χ0) is 26.3. The Morgan fingerprint density at radius 1 is 0.919 bits per heavy atom. The van der Waals surface area contributed by atoms with Gasteiger partial charge in [-0.3, -0.25) is 9.59 Å². The van der Waals surface area contributed by atoms with Crippen molar-refractivity contribution in [2.24, 2.45) is 5.92 Å². The second-order valence-corrected chi connectivity index (χ2v) is 12.1. The minimum Gasteiger partial charge on any atom is -0.366 e. The van der Waals surface area contributed by atoms with Gasteiger partial charge in [-0.1, -0.05) is 12.1 Å². The van der Waals surface area contributed by atoms with E-state index in [1.807, 2.05) is 22.8 Å². The van der Waals surface area contributed by atoms with Crippen molar-refractivity contribution in [2.75, 3.05) is 49.1 Å². The van der Waals surface area contributed by atoms with Gasteiger partial charge in [-0.15, -0.1) is 0 Å². The highest BCUT2D eigenvalue weighted by Crippen LogP contribution is 2.35. The van der Waals surface area contributed by atoms with Gasteiger partial charge in [0.2, 0.25) is 21.8 Å². The molecule has 8 nitrogen and oxygen atoms in total. The van der Waals surface area contributed by atoms with Crippen LogP contribution in [0.25, 0.3) is 0 Å². The summed E-state index contributed by atoms with van der Waals surface area (Å²) >= 11 is 0. The molecule has 2 aromatic carbocycles. The summed E-state index contributed by atoms with van der Waals surface area (Å²) < 4.78 is 42.3. The molecule has 0 saturated carbocycles. The molecule has 3 aliphatic rings. The van der Waals surface area contributed by atoms with Crippen molar-refractivity contribution in [3.05, 3.63) is 53.8 Å². The number of carbonyl (C=O) groups is 2. The number of para-hydroxylation sites is 1. The van der Waals surface area contributed by atoms with E-state index in [0.717, 1.165) is 11.3 Å². The quantitative estimate of drug-likeness (QED) is 0.610. The molecule has 2 amide bonds. The largest absolute Gasteiger partial charge is 0.366 e. The average Bonchev–Trinajstić information content (AvgIpc) is 3.24. The van der Waals surface area contributed by atoms with Crippen molar-refractivity contribution < 1.29 is 22.4 Å². The van der Waals surface area contributed by atoms with Gasteiger partial charge in [0, 0.05) is 63.8 Å². The van der Waals surface area contributed by atoms with Crippen LogP contribution in [0.2, 0.25) is 0 Å². The summed E-state index contributed by atoms with van der Waals surface area (Å²) in [6.07, 6.45) is 1.58. The van der Waals surface area contributed by atoms with E-state index in [1.54, 1.807) is 35.2 Å². The minimum atomic E-state index is -3.69. The fourth-order valence-corrected chi connectivity index (χ4v) is 7.39. The first-order valence-corrected chi connectivity index (χ1v) is 14.3. The predicted molar refractivity (Wildman–Crippen MR) is 139 cm³/mol. The summed E-state index contributed by atoms with van der Waals surface area (Å²) in [5.74, 6) is -0.468. The smallest absolute Gasteiger partial charge is 0.243 e. The van der Waals surface area contributed by atoms with Crippen LogP contribution in [0.5, 0.6) is 0 Å². The highest BCUT2D eigenvalue weighted by molar-refractivity contribution is 7.89. The summed E-state index contributed by atoms with van der Waals surface area (Å²) in [6, 6.07) is 11.7. The normalized spacial score (nSPS) is 21.3. The van der Waals surface area contributed by atoms with Gasteiger partial charge in [0.25, 0.3) is 0 Å². The molecule has 1 atom stereocenters. The van der Waals surface area contributed by atoms with E-state index in [4.69, 9.17) is 0 Å². The maximum absolute atomic E-state index is 14.1. The zero-order valence-corrected chi connectivity index (χ0v) is 22.1. The third-order valence-electron chi connectivity index (χ3n) is 7.83. The SMILES string of the molecule is CC(=O)N1c2ccc(S(=O)(=O)N3CCC(C(=O)N4CCN(c5ccccc5F)CC4)CC3)cc2C[C@@H]1C. The number of nitrogens with zero attached hydrogens (tertiary/aromatic N) is 4. The molecule has 2 aromatic rings. The number of rotatable bonds is 4. The Balaban J connectivity index is 1.18. The molecule has 0 N–H and O–H groups in total. The standard InChI is InChI=1S/C27H33FN4O4S/c1-19-17-22-18-23(7-8-25(22)32(19)20(2)33)37(35,36)31-11-9-21(10-12-31)27(34)30-15-13-29(14-16-30)26-6-4-3-5-24(26)28/h3-8,18-19,21H,9-17H2,1-2H3/t19-/m0/s1. The molecule has 0 aliphatic carbocycles. The van der Waals surface area contributed by atoms with E-state index in [0.29, 0.717) is 64.2 Å². The molecule has 198 valence electrons. The molecule has 2 saturated heterocycles. The first kappa shape index (κ1) is 25.7. The van der Waals surface area contributed by atoms with E-state index >= 15 is 0 Å². The van der Waals surface area contributed by atoms with Gasteiger partial charge >= 0.3 is 0 Å². The molecule has 0 unspecified atom stereocenters. The number of piperazine rings is 1. The summed E-state index contributed by atoms with van der Waals surface area (Å²) in [7, 11) is -3.69. The Kier molecular flexibility index (Phi) is 6.97. The van der Waals surface area contributed by atoms with Crippen LogP contribution in [0.3, 0.4) is 0 Å². The molecule has 2 fully saturated rings. The fraction of sp³-hybridized carbons (Fsp3) is 0.481. The topological polar surface area (TPSA) is 81.2 Å². The number of benzene rings is 2. The monoisotopic (exact) mass is 528 g/mol. The van der Waals surface area contributed by atoms with E-state index in [-0.39, 0.29) is 34.5 Å². The summed E-state index contributed by atoms with van der Waals surface area (Å²) in [4.78, 5) is 30.9. The van der Waals surface area contributed by atoms with Crippen LogP contribution < -0.4 is 9.80 Å². The first-order valence-electron chi connectivity index (χ1n) is 12.9. The molecule has 0 bridgehead atoms. The summed E-state index contributed by atoms with van der Waals surface area (Å²) in [5, 5.41) is 0. The van der Waals surface area contributed by atoms with Crippen molar-refractivity contribution in [3.8, 4) is 0 Å². The summed E-state index contributed by atoms with van der Waals surface area (Å²) in [6.45, 7) is 6.24. The molecule has 5 rings (SSSR count). The van der Waals surface area contributed by atoms with Gasteiger partial charge in [0.15, 0.2) is 0 Å². The van der Waals surface area contributed by atoms with Crippen LogP contribution in [0.1, 0.15) is 32.3 Å². The van der Waals surface area contributed by atoms with Crippen molar-refractivity contribution >= 4 is 33.2 Å². The third kappa shape index (κ3) is 4.84. The molecular weight excluding hydrogens is 495 g/mol. The number of amides is 2. The number of piperidine rings is 1. The number of anilines is 2. The van der Waals surface area contributed by atoms with Crippen LogP contribution in [-0.2, 0) is 26.0 Å². The summed E-state index contributed by atoms with van der Waals surface area (Å²) in [5.41, 5.74) is 2.20. The van der Waals surface area contributed by atoms with E-state index < -0.39 is 10.0 Å². The predicted octanol–water partition coefficient (Wildman–Crippen LogP) is 2.87. The average molecular weight is 529 g/mol. The lowest BCUT2D eigenvalue weighted by molar-refractivity contribution is -0.137. The Labute approximate surface area is 217 Å².